The summed E-state index contributed by atoms with van der Waals surface area (Å²) in [5, 5.41) is 13.6. The van der Waals surface area contributed by atoms with Gasteiger partial charge in [-0.2, -0.15) is 13.2 Å². The number of hydrogen-bond donors (Lipinski definition) is 2. The first-order chi connectivity index (χ1) is 17.9. The Bertz CT molecular complexity index is 1660. The van der Waals surface area contributed by atoms with E-state index in [2.05, 4.69) is 10.3 Å². The molecule has 0 saturated carbocycles. The minimum Gasteiger partial charge on any atom is -0.458 e. The highest BCUT2D eigenvalue weighted by molar-refractivity contribution is 5.94. The Morgan fingerprint density at radius 3 is 2.68 bits per heavy atom. The minimum atomic E-state index is -5.11. The molecule has 1 unspecified atom stereocenters. The number of benzene rings is 1. The molecule has 0 fully saturated rings. The van der Waals surface area contributed by atoms with E-state index in [0.29, 0.717) is 27.6 Å². The van der Waals surface area contributed by atoms with Crippen molar-refractivity contribution in [1.82, 2.24) is 14.9 Å². The van der Waals surface area contributed by atoms with Crippen molar-refractivity contribution in [2.24, 2.45) is 0 Å². The van der Waals surface area contributed by atoms with E-state index < -0.39 is 41.1 Å². The van der Waals surface area contributed by atoms with Gasteiger partial charge in [-0.15, -0.1) is 0 Å². The van der Waals surface area contributed by atoms with Crippen LogP contribution in [0.1, 0.15) is 59.2 Å². The first-order valence-corrected chi connectivity index (χ1v) is 12.1. The molecule has 12 heteroatoms. The standard InChI is InChI=1S/C26H21F4N3O5/c1-3-25(37)14-6-18-21-12(8-33(18)22(34)13(14)9-38-24(25)36)20-16(32-23(35)26(28,29)30)5-4-11-10(2)15(27)7-17(31-21)19(11)20/h6-7,16,37H,3-5,8-9H2,1-2H3,(H,32,35)/t16?,25-/m0/s1. The largest absolute Gasteiger partial charge is 0.471 e. The number of alkyl halides is 3. The molecule has 1 amide bonds. The number of carbonyl (C=O) groups excluding carboxylic acids is 2. The van der Waals surface area contributed by atoms with Gasteiger partial charge >= 0.3 is 18.1 Å². The van der Waals surface area contributed by atoms with E-state index >= 15 is 0 Å². The summed E-state index contributed by atoms with van der Waals surface area (Å²) >= 11 is 0. The predicted molar refractivity (Wildman–Crippen MR) is 124 cm³/mol. The molecule has 2 aromatic heterocycles. The van der Waals surface area contributed by atoms with E-state index in [9.17, 15) is 37.1 Å². The maximum Gasteiger partial charge on any atom is 0.471 e. The zero-order valence-corrected chi connectivity index (χ0v) is 20.3. The number of fused-ring (bicyclic) bond motifs is 5. The van der Waals surface area contributed by atoms with Crippen LogP contribution in [-0.2, 0) is 39.5 Å². The summed E-state index contributed by atoms with van der Waals surface area (Å²) in [7, 11) is 0. The highest BCUT2D eigenvalue weighted by Crippen LogP contribution is 2.46. The molecule has 1 aromatic carbocycles. The van der Waals surface area contributed by atoms with E-state index in [1.54, 1.807) is 13.8 Å². The molecule has 4 heterocycles. The monoisotopic (exact) mass is 531 g/mol. The van der Waals surface area contributed by atoms with Gasteiger partial charge in [-0.3, -0.25) is 9.59 Å². The van der Waals surface area contributed by atoms with Gasteiger partial charge < -0.3 is 19.7 Å². The molecule has 0 radical (unpaired) electrons. The van der Waals surface area contributed by atoms with Crippen molar-refractivity contribution in [3.05, 3.63) is 61.7 Å². The number of ether oxygens (including phenoxy) is 1. The molecule has 3 aromatic rings. The summed E-state index contributed by atoms with van der Waals surface area (Å²) in [6, 6.07) is 1.60. The third-order valence-electron chi connectivity index (χ3n) is 7.94. The molecule has 3 aliphatic rings. The Morgan fingerprint density at radius 1 is 1.26 bits per heavy atom. The molecule has 0 spiro atoms. The molecule has 1 aliphatic carbocycles. The molecule has 8 nitrogen and oxygen atoms in total. The second-order valence-electron chi connectivity index (χ2n) is 9.87. The highest BCUT2D eigenvalue weighted by atomic mass is 19.4. The van der Waals surface area contributed by atoms with Crippen LogP contribution in [-0.4, -0.2) is 32.7 Å². The molecule has 38 heavy (non-hydrogen) atoms. The van der Waals surface area contributed by atoms with Gasteiger partial charge in [0, 0.05) is 22.6 Å². The maximum absolute atomic E-state index is 14.8. The van der Waals surface area contributed by atoms with Crippen molar-refractivity contribution in [1.29, 1.82) is 0 Å². The lowest BCUT2D eigenvalue weighted by Gasteiger charge is -2.31. The van der Waals surface area contributed by atoms with Gasteiger partial charge in [-0.05, 0) is 48.9 Å². The first kappa shape index (κ1) is 24.5. The lowest BCUT2D eigenvalue weighted by Crippen LogP contribution is -2.44. The van der Waals surface area contributed by atoms with Crippen LogP contribution < -0.4 is 10.9 Å². The molecule has 0 bridgehead atoms. The normalized spacial score (nSPS) is 21.6. The van der Waals surface area contributed by atoms with Crippen molar-refractivity contribution < 1.29 is 37.0 Å². The van der Waals surface area contributed by atoms with Crippen molar-refractivity contribution in [3.8, 4) is 11.4 Å². The summed E-state index contributed by atoms with van der Waals surface area (Å²) in [5.74, 6) is -3.53. The van der Waals surface area contributed by atoms with Crippen molar-refractivity contribution in [3.63, 3.8) is 0 Å². The number of carbonyl (C=O) groups is 2. The second kappa shape index (κ2) is 7.85. The van der Waals surface area contributed by atoms with Gasteiger partial charge in [0.05, 0.1) is 35.1 Å². The van der Waals surface area contributed by atoms with Crippen LogP contribution >= 0.6 is 0 Å². The summed E-state index contributed by atoms with van der Waals surface area (Å²) in [4.78, 5) is 42.5. The molecule has 2 atom stereocenters. The van der Waals surface area contributed by atoms with Crippen molar-refractivity contribution in [2.45, 2.75) is 64.1 Å². The third kappa shape index (κ3) is 3.19. The van der Waals surface area contributed by atoms with E-state index in [1.807, 2.05) is 0 Å². The zero-order chi connectivity index (χ0) is 27.3. The number of cyclic esters (lactones) is 1. The fourth-order valence-electron chi connectivity index (χ4n) is 5.94. The number of rotatable bonds is 2. The van der Waals surface area contributed by atoms with Gasteiger partial charge in [0.2, 0.25) is 0 Å². The Hall–Kier alpha value is -3.80. The number of aromatic nitrogens is 2. The highest BCUT2D eigenvalue weighted by Gasteiger charge is 2.46. The molecule has 0 saturated heterocycles. The smallest absolute Gasteiger partial charge is 0.458 e. The average Bonchev–Trinajstić information content (AvgIpc) is 3.23. The first-order valence-electron chi connectivity index (χ1n) is 12.1. The van der Waals surface area contributed by atoms with Crippen LogP contribution in [0.3, 0.4) is 0 Å². The molecular weight excluding hydrogens is 510 g/mol. The van der Waals surface area contributed by atoms with E-state index in [4.69, 9.17) is 4.74 Å². The number of aryl methyl sites for hydroxylation is 1. The van der Waals surface area contributed by atoms with Gasteiger partial charge in [0.1, 0.15) is 12.4 Å². The zero-order valence-electron chi connectivity index (χ0n) is 20.3. The minimum absolute atomic E-state index is 0.0651. The van der Waals surface area contributed by atoms with Gasteiger partial charge in [-0.25, -0.2) is 14.2 Å². The summed E-state index contributed by atoms with van der Waals surface area (Å²) in [5.41, 5.74) is -0.110. The molecular formula is C26H21F4N3O5. The Labute approximate surface area is 212 Å². The lowest BCUT2D eigenvalue weighted by molar-refractivity contribution is -0.174. The van der Waals surface area contributed by atoms with Crippen molar-refractivity contribution in [2.75, 3.05) is 0 Å². The third-order valence-corrected chi connectivity index (χ3v) is 7.94. The van der Waals surface area contributed by atoms with E-state index in [1.165, 1.54) is 16.7 Å². The number of esters is 1. The van der Waals surface area contributed by atoms with Crippen LogP contribution in [0.2, 0.25) is 0 Å². The number of pyridine rings is 2. The summed E-state index contributed by atoms with van der Waals surface area (Å²) in [6.07, 6.45) is -4.86. The number of halogens is 4. The number of aliphatic hydroxyl groups is 1. The van der Waals surface area contributed by atoms with Gasteiger partial charge in [0.15, 0.2) is 5.60 Å². The van der Waals surface area contributed by atoms with Crippen LogP contribution in [0.4, 0.5) is 17.6 Å². The van der Waals surface area contributed by atoms with Crippen LogP contribution in [0, 0.1) is 12.7 Å². The topological polar surface area (TPSA) is 111 Å². The number of nitrogens with one attached hydrogen (secondary N) is 1. The summed E-state index contributed by atoms with van der Waals surface area (Å²) in [6.45, 7) is 2.73. The lowest BCUT2D eigenvalue weighted by atomic mass is 9.81. The number of hydrogen-bond acceptors (Lipinski definition) is 6. The fourth-order valence-corrected chi connectivity index (χ4v) is 5.94. The number of amides is 1. The molecule has 198 valence electrons. The molecule has 6 rings (SSSR count). The van der Waals surface area contributed by atoms with Crippen LogP contribution in [0.5, 0.6) is 0 Å². The molecule has 2 aliphatic heterocycles. The predicted octanol–water partition coefficient (Wildman–Crippen LogP) is 3.19. The average molecular weight is 531 g/mol. The Morgan fingerprint density at radius 2 is 2.00 bits per heavy atom. The van der Waals surface area contributed by atoms with Crippen molar-refractivity contribution >= 4 is 22.8 Å². The quantitative estimate of drug-likeness (QED) is 0.304. The Kier molecular flexibility index (Phi) is 5.07. The maximum atomic E-state index is 14.8. The van der Waals surface area contributed by atoms with Crippen LogP contribution in [0.25, 0.3) is 22.3 Å². The van der Waals surface area contributed by atoms with Crippen LogP contribution in [0.15, 0.2) is 16.9 Å². The van der Waals surface area contributed by atoms with Gasteiger partial charge in [0.25, 0.3) is 5.56 Å². The SMILES string of the molecule is CC[C@@]1(O)C(=O)OCc2c1cc1n(c2=O)Cc2c-1nc1cc(F)c(C)c3c1c2C(NC(=O)C(F)(F)F)CC3. The number of nitrogens with zero attached hydrogens (tertiary/aromatic N) is 2. The molecule has 2 N–H and O–H groups in total. The van der Waals surface area contributed by atoms with E-state index in [-0.39, 0.29) is 60.4 Å². The van der Waals surface area contributed by atoms with Gasteiger partial charge in [-0.1, -0.05) is 6.92 Å². The summed E-state index contributed by atoms with van der Waals surface area (Å²) < 4.78 is 60.8. The second-order valence-corrected chi connectivity index (χ2v) is 9.87. The van der Waals surface area contributed by atoms with E-state index in [0.717, 1.165) is 0 Å². The fraction of sp³-hybridized carbons (Fsp3) is 0.385. The Balaban J connectivity index is 1.64.